The molecule has 23 heavy (non-hydrogen) atoms. The number of aryl methyl sites for hydroxylation is 1. The number of rotatable bonds is 3. The van der Waals surface area contributed by atoms with Crippen molar-refractivity contribution < 1.29 is 18.9 Å². The fourth-order valence-corrected chi connectivity index (χ4v) is 3.21. The Kier molecular flexibility index (Phi) is 4.72. The minimum absolute atomic E-state index is 0.231. The molecule has 0 aliphatic rings. The van der Waals surface area contributed by atoms with Gasteiger partial charge in [-0.2, -0.15) is 0 Å². The summed E-state index contributed by atoms with van der Waals surface area (Å²) in [5.41, 5.74) is 8.42. The lowest BCUT2D eigenvalue weighted by Crippen LogP contribution is -2.00. The number of phosphoric ester groups is 1. The highest BCUT2D eigenvalue weighted by Gasteiger charge is 2.21. The van der Waals surface area contributed by atoms with Crippen molar-refractivity contribution in [3.05, 3.63) is 51.6 Å². The Morgan fingerprint density at radius 3 is 1.91 bits per heavy atom. The lowest BCUT2D eigenvalue weighted by Gasteiger charge is -2.19. The maximum absolute atomic E-state index is 11.2. The van der Waals surface area contributed by atoms with Gasteiger partial charge in [0.05, 0.1) is 0 Å². The van der Waals surface area contributed by atoms with Crippen molar-refractivity contribution >= 4 is 7.82 Å². The summed E-state index contributed by atoms with van der Waals surface area (Å²) in [4.78, 5) is 18.3. The molecule has 0 aliphatic carbocycles. The second kappa shape index (κ2) is 6.12. The molecule has 2 N–H and O–H groups in total. The zero-order valence-electron chi connectivity index (χ0n) is 14.4. The molecule has 0 heterocycles. The van der Waals surface area contributed by atoms with Crippen molar-refractivity contribution in [2.75, 3.05) is 0 Å². The molecule has 4 nitrogen and oxygen atoms in total. The topological polar surface area (TPSA) is 66.8 Å². The van der Waals surface area contributed by atoms with Gasteiger partial charge in [-0.1, -0.05) is 12.1 Å². The minimum Gasteiger partial charge on any atom is -0.404 e. The van der Waals surface area contributed by atoms with Gasteiger partial charge in [-0.3, -0.25) is 9.79 Å². The van der Waals surface area contributed by atoms with Gasteiger partial charge in [0, 0.05) is 0 Å². The Labute approximate surface area is 137 Å². The predicted octanol–water partition coefficient (Wildman–Crippen LogP) is 4.68. The van der Waals surface area contributed by atoms with Crippen LogP contribution in [-0.2, 0) is 4.57 Å². The Hall–Kier alpha value is -1.61. The fourth-order valence-electron chi connectivity index (χ4n) is 2.77. The van der Waals surface area contributed by atoms with Crippen molar-refractivity contribution in [1.29, 1.82) is 0 Å². The molecule has 0 fully saturated rings. The minimum atomic E-state index is -4.59. The number of hydrogen-bond donors (Lipinski definition) is 2. The van der Waals surface area contributed by atoms with E-state index in [2.05, 4.69) is 32.9 Å². The smallest absolute Gasteiger partial charge is 0.404 e. The van der Waals surface area contributed by atoms with Crippen LogP contribution in [0.25, 0.3) is 11.1 Å². The first kappa shape index (κ1) is 17.7. The molecule has 2 rings (SSSR count). The van der Waals surface area contributed by atoms with E-state index in [0.29, 0.717) is 0 Å². The second-order valence-electron chi connectivity index (χ2n) is 6.06. The van der Waals surface area contributed by atoms with Gasteiger partial charge < -0.3 is 4.52 Å². The van der Waals surface area contributed by atoms with Crippen molar-refractivity contribution in [2.45, 2.75) is 41.5 Å². The highest BCUT2D eigenvalue weighted by Crippen LogP contribution is 2.43. The lowest BCUT2D eigenvalue weighted by atomic mass is 9.88. The van der Waals surface area contributed by atoms with Crippen LogP contribution in [0.4, 0.5) is 0 Å². The molecule has 0 unspecified atom stereocenters. The van der Waals surface area contributed by atoms with Gasteiger partial charge in [0.25, 0.3) is 0 Å². The highest BCUT2D eigenvalue weighted by atomic mass is 31.2. The molecule has 5 heteroatoms. The van der Waals surface area contributed by atoms with E-state index >= 15 is 0 Å². The quantitative estimate of drug-likeness (QED) is 0.800. The standard InChI is InChI=1S/C18H23O4P/c1-10-7-8-16(13(4)11(10)2)17-9-18(22-23(19,20)21)15(6)12(3)14(17)5/h7-9H,1-6H3,(H2,19,20,21). The number of phosphoric acid groups is 1. The third-order valence-corrected chi connectivity index (χ3v) is 5.17. The lowest BCUT2D eigenvalue weighted by molar-refractivity contribution is 0.282. The molecule has 0 saturated carbocycles. The molecule has 2 aromatic rings. The average Bonchev–Trinajstić information content (AvgIpc) is 2.45. The first-order chi connectivity index (χ1) is 10.5. The first-order valence-corrected chi connectivity index (χ1v) is 8.99. The summed E-state index contributed by atoms with van der Waals surface area (Å²) in [6.45, 7) is 12.0. The van der Waals surface area contributed by atoms with Crippen LogP contribution >= 0.6 is 7.82 Å². The van der Waals surface area contributed by atoms with E-state index in [0.717, 1.165) is 27.8 Å². The molecule has 0 atom stereocenters. The summed E-state index contributed by atoms with van der Waals surface area (Å²) >= 11 is 0. The Balaban J connectivity index is 2.73. The Morgan fingerprint density at radius 2 is 1.35 bits per heavy atom. The molecule has 124 valence electrons. The van der Waals surface area contributed by atoms with E-state index in [4.69, 9.17) is 14.3 Å². The van der Waals surface area contributed by atoms with Crippen LogP contribution in [0.2, 0.25) is 0 Å². The molecule has 0 amide bonds. The molecule has 0 bridgehead atoms. The summed E-state index contributed by atoms with van der Waals surface area (Å²) < 4.78 is 16.1. The van der Waals surface area contributed by atoms with Crippen LogP contribution in [0.1, 0.15) is 33.4 Å². The van der Waals surface area contributed by atoms with Crippen LogP contribution in [0.3, 0.4) is 0 Å². The van der Waals surface area contributed by atoms with Gasteiger partial charge in [-0.25, -0.2) is 4.57 Å². The Bertz CT molecular complexity index is 819. The van der Waals surface area contributed by atoms with Crippen molar-refractivity contribution in [3.63, 3.8) is 0 Å². The van der Waals surface area contributed by atoms with Crippen molar-refractivity contribution in [3.8, 4) is 16.9 Å². The highest BCUT2D eigenvalue weighted by molar-refractivity contribution is 7.46. The summed E-state index contributed by atoms with van der Waals surface area (Å²) in [6.07, 6.45) is 0. The summed E-state index contributed by atoms with van der Waals surface area (Å²) in [5.74, 6) is 0.231. The molecule has 0 aromatic heterocycles. The molecule has 2 aromatic carbocycles. The van der Waals surface area contributed by atoms with Crippen molar-refractivity contribution in [1.82, 2.24) is 0 Å². The molecule has 0 radical (unpaired) electrons. The van der Waals surface area contributed by atoms with E-state index < -0.39 is 7.82 Å². The van der Waals surface area contributed by atoms with Crippen LogP contribution < -0.4 is 4.52 Å². The van der Waals surface area contributed by atoms with Crippen LogP contribution in [0.5, 0.6) is 5.75 Å². The molecule has 0 aliphatic heterocycles. The fraction of sp³-hybridized carbons (Fsp3) is 0.333. The van der Waals surface area contributed by atoms with E-state index in [1.165, 1.54) is 16.7 Å². The maximum Gasteiger partial charge on any atom is 0.524 e. The van der Waals surface area contributed by atoms with Gasteiger partial charge >= 0.3 is 7.82 Å². The third-order valence-electron chi connectivity index (χ3n) is 4.74. The summed E-state index contributed by atoms with van der Waals surface area (Å²) in [6, 6.07) is 5.85. The summed E-state index contributed by atoms with van der Waals surface area (Å²) in [7, 11) is -4.59. The zero-order chi connectivity index (χ0) is 17.5. The van der Waals surface area contributed by atoms with Gasteiger partial charge in [0.15, 0.2) is 0 Å². The molecule has 0 saturated heterocycles. The number of benzene rings is 2. The Morgan fingerprint density at radius 1 is 0.783 bits per heavy atom. The molecule has 0 spiro atoms. The van der Waals surface area contributed by atoms with Crippen LogP contribution in [0, 0.1) is 41.5 Å². The second-order valence-corrected chi connectivity index (χ2v) is 7.22. The van der Waals surface area contributed by atoms with E-state index in [-0.39, 0.29) is 5.75 Å². The molecular formula is C18H23O4P. The van der Waals surface area contributed by atoms with Gasteiger partial charge in [0.2, 0.25) is 0 Å². The van der Waals surface area contributed by atoms with E-state index in [1.807, 2.05) is 20.8 Å². The third kappa shape index (κ3) is 3.50. The monoisotopic (exact) mass is 334 g/mol. The summed E-state index contributed by atoms with van der Waals surface area (Å²) in [5, 5.41) is 0. The normalized spacial score (nSPS) is 11.7. The van der Waals surface area contributed by atoms with Crippen molar-refractivity contribution in [2.24, 2.45) is 0 Å². The SMILES string of the molecule is Cc1ccc(-c2cc(OP(=O)(O)O)c(C)c(C)c2C)c(C)c1C. The van der Waals surface area contributed by atoms with Gasteiger partial charge in [-0.05, 0) is 92.1 Å². The largest absolute Gasteiger partial charge is 0.524 e. The first-order valence-electron chi connectivity index (χ1n) is 7.46. The maximum atomic E-state index is 11.2. The molecular weight excluding hydrogens is 311 g/mol. The van der Waals surface area contributed by atoms with Gasteiger partial charge in [0.1, 0.15) is 5.75 Å². The predicted molar refractivity (Wildman–Crippen MR) is 93.0 cm³/mol. The van der Waals surface area contributed by atoms with E-state index in [9.17, 15) is 4.57 Å². The van der Waals surface area contributed by atoms with Gasteiger partial charge in [-0.15, -0.1) is 0 Å². The average molecular weight is 334 g/mol. The zero-order valence-corrected chi connectivity index (χ0v) is 15.3. The number of hydrogen-bond acceptors (Lipinski definition) is 2. The van der Waals surface area contributed by atoms with Crippen LogP contribution in [0.15, 0.2) is 18.2 Å². The van der Waals surface area contributed by atoms with Crippen LogP contribution in [-0.4, -0.2) is 9.79 Å². The van der Waals surface area contributed by atoms with E-state index in [1.54, 1.807) is 6.07 Å².